The Kier molecular flexibility index (Phi) is 6.28. The third kappa shape index (κ3) is 4.59. The van der Waals surface area contributed by atoms with Crippen molar-refractivity contribution in [2.75, 3.05) is 22.6 Å². The number of thioether (sulfide) groups is 1. The number of hydrogen-bond donors (Lipinski definition) is 1. The Balaban J connectivity index is 1.56. The normalized spacial score (nSPS) is 15.7. The third-order valence-corrected chi connectivity index (χ3v) is 6.33. The van der Waals surface area contributed by atoms with E-state index < -0.39 is 0 Å². The summed E-state index contributed by atoms with van der Waals surface area (Å²) in [6.07, 6.45) is 0. The number of aryl methyl sites for hydroxylation is 1. The number of benzene rings is 3. The number of anilines is 2. The van der Waals surface area contributed by atoms with Crippen LogP contribution in [0.2, 0.25) is 0 Å². The molecular formula is C25H24N2O3S. The molecule has 6 heteroatoms. The summed E-state index contributed by atoms with van der Waals surface area (Å²) in [5, 5.41) is 2.83. The van der Waals surface area contributed by atoms with Gasteiger partial charge in [-0.1, -0.05) is 30.3 Å². The Labute approximate surface area is 186 Å². The number of hydrogen-bond acceptors (Lipinski definition) is 4. The Hall–Kier alpha value is -3.25. The second kappa shape index (κ2) is 9.27. The summed E-state index contributed by atoms with van der Waals surface area (Å²) in [6, 6.07) is 22.8. The van der Waals surface area contributed by atoms with Crippen molar-refractivity contribution in [1.82, 2.24) is 0 Å². The minimum absolute atomic E-state index is 0.0634. The zero-order valence-corrected chi connectivity index (χ0v) is 18.3. The number of amides is 2. The first-order valence-corrected chi connectivity index (χ1v) is 11.2. The van der Waals surface area contributed by atoms with Gasteiger partial charge in [0, 0.05) is 16.9 Å². The van der Waals surface area contributed by atoms with Crippen LogP contribution < -0.4 is 15.0 Å². The monoisotopic (exact) mass is 432 g/mol. The summed E-state index contributed by atoms with van der Waals surface area (Å²) in [6.45, 7) is 4.46. The molecule has 31 heavy (non-hydrogen) atoms. The van der Waals surface area contributed by atoms with Gasteiger partial charge in [0.05, 0.1) is 12.4 Å². The van der Waals surface area contributed by atoms with Crippen molar-refractivity contribution in [2.24, 2.45) is 0 Å². The van der Waals surface area contributed by atoms with Crippen LogP contribution in [0.1, 0.15) is 33.8 Å². The van der Waals surface area contributed by atoms with E-state index in [-0.39, 0.29) is 17.2 Å². The fourth-order valence-electron chi connectivity index (χ4n) is 3.62. The van der Waals surface area contributed by atoms with Gasteiger partial charge in [0.25, 0.3) is 5.91 Å². The van der Waals surface area contributed by atoms with Gasteiger partial charge in [0.2, 0.25) is 5.91 Å². The molecule has 0 radical (unpaired) electrons. The van der Waals surface area contributed by atoms with E-state index in [1.54, 1.807) is 11.8 Å². The maximum atomic E-state index is 12.7. The summed E-state index contributed by atoms with van der Waals surface area (Å²) >= 11 is 1.58. The molecule has 1 fully saturated rings. The summed E-state index contributed by atoms with van der Waals surface area (Å²) < 4.78 is 5.51. The van der Waals surface area contributed by atoms with Gasteiger partial charge >= 0.3 is 0 Å². The van der Waals surface area contributed by atoms with Crippen molar-refractivity contribution in [3.05, 3.63) is 89.5 Å². The molecule has 2 amide bonds. The predicted molar refractivity (Wildman–Crippen MR) is 126 cm³/mol. The molecule has 0 saturated carbocycles. The van der Waals surface area contributed by atoms with Gasteiger partial charge in [-0.2, -0.15) is 0 Å². The number of ether oxygens (including phenoxy) is 1. The molecule has 1 aliphatic heterocycles. The van der Waals surface area contributed by atoms with Crippen LogP contribution in [0.25, 0.3) is 0 Å². The van der Waals surface area contributed by atoms with Crippen molar-refractivity contribution in [2.45, 2.75) is 19.2 Å². The molecule has 0 unspecified atom stereocenters. The number of carbonyl (C=O) groups excluding carboxylic acids is 2. The Morgan fingerprint density at radius 2 is 1.87 bits per heavy atom. The first kappa shape index (κ1) is 21.0. The van der Waals surface area contributed by atoms with E-state index in [0.29, 0.717) is 23.6 Å². The third-order valence-electron chi connectivity index (χ3n) is 5.11. The second-order valence-corrected chi connectivity index (χ2v) is 8.32. The highest BCUT2D eigenvalue weighted by atomic mass is 32.2. The molecule has 4 rings (SSSR count). The molecule has 0 bridgehead atoms. The van der Waals surface area contributed by atoms with E-state index >= 15 is 0 Å². The first-order valence-electron chi connectivity index (χ1n) is 10.2. The number of nitrogens with one attached hydrogen (secondary N) is 1. The average Bonchev–Trinajstić information content (AvgIpc) is 3.16. The smallest absolute Gasteiger partial charge is 0.255 e. The van der Waals surface area contributed by atoms with E-state index in [0.717, 1.165) is 22.6 Å². The van der Waals surface area contributed by atoms with Gasteiger partial charge in [0.1, 0.15) is 11.1 Å². The molecule has 158 valence electrons. The molecule has 3 aromatic carbocycles. The van der Waals surface area contributed by atoms with Gasteiger partial charge in [-0.05, 0) is 67.4 Å². The molecule has 5 nitrogen and oxygen atoms in total. The predicted octanol–water partition coefficient (Wildman–Crippen LogP) is 5.42. The lowest BCUT2D eigenvalue weighted by Crippen LogP contribution is -2.27. The standard InChI is InChI=1S/C25H24N2O3S/c1-3-30-21-13-11-20(12-14-21)27-23(28)16-31-25(27)18-8-6-9-19(15-18)26-24(29)22-10-5-4-7-17(22)2/h4-15,25H,3,16H2,1-2H3,(H,26,29)/t25-/m0/s1. The van der Waals surface area contributed by atoms with Gasteiger partial charge < -0.3 is 10.1 Å². The molecule has 1 aliphatic rings. The largest absolute Gasteiger partial charge is 0.494 e. The fourth-order valence-corrected chi connectivity index (χ4v) is 4.78. The van der Waals surface area contributed by atoms with E-state index in [9.17, 15) is 9.59 Å². The average molecular weight is 433 g/mol. The fraction of sp³-hybridized carbons (Fsp3) is 0.200. The van der Waals surface area contributed by atoms with E-state index in [2.05, 4.69) is 5.32 Å². The minimum atomic E-state index is -0.152. The lowest BCUT2D eigenvalue weighted by atomic mass is 10.1. The second-order valence-electron chi connectivity index (χ2n) is 7.25. The van der Waals surface area contributed by atoms with Crippen LogP contribution in [0.3, 0.4) is 0 Å². The molecule has 0 aliphatic carbocycles. The minimum Gasteiger partial charge on any atom is -0.494 e. The van der Waals surface area contributed by atoms with Gasteiger partial charge in [-0.15, -0.1) is 11.8 Å². The molecule has 1 heterocycles. The number of carbonyl (C=O) groups is 2. The van der Waals surface area contributed by atoms with E-state index in [4.69, 9.17) is 4.74 Å². The van der Waals surface area contributed by atoms with Crippen LogP contribution in [0.4, 0.5) is 11.4 Å². The topological polar surface area (TPSA) is 58.6 Å². The van der Waals surface area contributed by atoms with Crippen molar-refractivity contribution in [3.8, 4) is 5.75 Å². The summed E-state index contributed by atoms with van der Waals surface area (Å²) in [5.74, 6) is 1.11. The highest BCUT2D eigenvalue weighted by molar-refractivity contribution is 8.00. The molecule has 1 atom stereocenters. The molecule has 1 saturated heterocycles. The van der Waals surface area contributed by atoms with Crippen LogP contribution in [0, 0.1) is 6.92 Å². The summed E-state index contributed by atoms with van der Waals surface area (Å²) in [4.78, 5) is 27.2. The highest BCUT2D eigenvalue weighted by Gasteiger charge is 2.34. The van der Waals surface area contributed by atoms with Crippen molar-refractivity contribution in [3.63, 3.8) is 0 Å². The maximum absolute atomic E-state index is 12.7. The lowest BCUT2D eigenvalue weighted by Gasteiger charge is -2.25. The highest BCUT2D eigenvalue weighted by Crippen LogP contribution is 2.42. The van der Waals surface area contributed by atoms with Crippen molar-refractivity contribution >= 4 is 35.0 Å². The SMILES string of the molecule is CCOc1ccc(N2C(=O)CS[C@H]2c2cccc(NC(=O)c3ccccc3C)c2)cc1. The van der Waals surface area contributed by atoms with E-state index in [1.807, 2.05) is 91.5 Å². The van der Waals surface area contributed by atoms with Crippen LogP contribution >= 0.6 is 11.8 Å². The zero-order chi connectivity index (χ0) is 21.8. The lowest BCUT2D eigenvalue weighted by molar-refractivity contribution is -0.115. The number of nitrogens with zero attached hydrogens (tertiary/aromatic N) is 1. The molecular weight excluding hydrogens is 408 g/mol. The van der Waals surface area contributed by atoms with Crippen LogP contribution in [-0.4, -0.2) is 24.2 Å². The Morgan fingerprint density at radius 1 is 1.10 bits per heavy atom. The van der Waals surface area contributed by atoms with Crippen LogP contribution in [0.5, 0.6) is 5.75 Å². The Bertz CT molecular complexity index is 1100. The zero-order valence-electron chi connectivity index (χ0n) is 17.5. The van der Waals surface area contributed by atoms with E-state index in [1.165, 1.54) is 0 Å². The number of rotatable bonds is 6. The molecule has 0 aromatic heterocycles. The molecule has 3 aromatic rings. The van der Waals surface area contributed by atoms with Crippen LogP contribution in [-0.2, 0) is 4.79 Å². The van der Waals surface area contributed by atoms with Crippen molar-refractivity contribution in [1.29, 1.82) is 0 Å². The molecule has 0 spiro atoms. The maximum Gasteiger partial charge on any atom is 0.255 e. The van der Waals surface area contributed by atoms with Gasteiger partial charge in [-0.3, -0.25) is 14.5 Å². The quantitative estimate of drug-likeness (QED) is 0.565. The first-order chi connectivity index (χ1) is 15.1. The van der Waals surface area contributed by atoms with Crippen LogP contribution in [0.15, 0.2) is 72.8 Å². The Morgan fingerprint density at radius 3 is 2.61 bits per heavy atom. The summed E-state index contributed by atoms with van der Waals surface area (Å²) in [5.41, 5.74) is 4.08. The van der Waals surface area contributed by atoms with Gasteiger partial charge in [-0.25, -0.2) is 0 Å². The summed E-state index contributed by atoms with van der Waals surface area (Å²) in [7, 11) is 0. The molecule has 1 N–H and O–H groups in total. The van der Waals surface area contributed by atoms with Crippen molar-refractivity contribution < 1.29 is 14.3 Å². The van der Waals surface area contributed by atoms with Gasteiger partial charge in [0.15, 0.2) is 0 Å².